The minimum atomic E-state index is -1.09. The molecular weight excluding hydrogens is 704 g/mol. The molecule has 0 radical (unpaired) electrons. The van der Waals surface area contributed by atoms with Crippen LogP contribution in [0.25, 0.3) is 0 Å². The zero-order chi connectivity index (χ0) is 39.3. The molecule has 0 bridgehead atoms. The molecule has 3 aliphatic rings. The van der Waals surface area contributed by atoms with E-state index in [4.69, 9.17) is 37.9 Å². The van der Waals surface area contributed by atoms with Crippen molar-refractivity contribution in [3.63, 3.8) is 0 Å². The number of aromatic hydroxyl groups is 1. The summed E-state index contributed by atoms with van der Waals surface area (Å²) < 4.78 is 47.2. The lowest BCUT2D eigenvalue weighted by atomic mass is 9.89. The normalized spacial score (nSPS) is 26.4. The van der Waals surface area contributed by atoms with E-state index in [0.717, 1.165) is 6.42 Å². The van der Waals surface area contributed by atoms with E-state index in [0.29, 0.717) is 46.4 Å². The molecule has 7 unspecified atom stereocenters. The minimum Gasteiger partial charge on any atom is -0.508 e. The monoisotopic (exact) mass is 752 g/mol. The van der Waals surface area contributed by atoms with Crippen LogP contribution in [0.4, 0.5) is 0 Å². The van der Waals surface area contributed by atoms with E-state index in [2.05, 4.69) is 6.58 Å². The van der Waals surface area contributed by atoms with Crippen molar-refractivity contribution in [2.45, 2.75) is 122 Å². The number of ether oxygens (including phenoxy) is 8. The van der Waals surface area contributed by atoms with Crippen molar-refractivity contribution in [2.75, 3.05) is 13.2 Å². The summed E-state index contributed by atoms with van der Waals surface area (Å²) in [7, 11) is 0. The van der Waals surface area contributed by atoms with Gasteiger partial charge in [-0.25, -0.2) is 0 Å². The Balaban J connectivity index is 1.48. The molecule has 0 spiro atoms. The Kier molecular flexibility index (Phi) is 13.0. The Morgan fingerprint density at radius 1 is 0.870 bits per heavy atom. The zero-order valence-electron chi connectivity index (χ0n) is 31.4. The molecule has 1 N–H and O–H groups in total. The number of hydrogen-bond acceptors (Lipinski definition) is 14. The van der Waals surface area contributed by atoms with E-state index >= 15 is 0 Å². The van der Waals surface area contributed by atoms with Gasteiger partial charge >= 0.3 is 23.9 Å². The molecule has 2 aromatic carbocycles. The number of ketones is 1. The number of phenolic OH excluding ortho intramolecular Hbond substituents is 1. The molecule has 0 aliphatic carbocycles. The van der Waals surface area contributed by atoms with Gasteiger partial charge < -0.3 is 43.0 Å². The van der Waals surface area contributed by atoms with Crippen LogP contribution in [0.5, 0.6) is 17.2 Å². The second-order valence-corrected chi connectivity index (χ2v) is 14.0. The minimum absolute atomic E-state index is 0.0174. The van der Waals surface area contributed by atoms with Crippen LogP contribution in [0, 0.1) is 6.92 Å². The third kappa shape index (κ3) is 10.2. The number of rotatable bonds is 12. The summed E-state index contributed by atoms with van der Waals surface area (Å²) in [4.78, 5) is 61.4. The summed E-state index contributed by atoms with van der Waals surface area (Å²) >= 11 is 0. The Morgan fingerprint density at radius 3 is 2.26 bits per heavy atom. The maximum absolute atomic E-state index is 13.3. The highest BCUT2D eigenvalue weighted by atomic mass is 16.6. The van der Waals surface area contributed by atoms with Crippen molar-refractivity contribution < 1.29 is 67.0 Å². The van der Waals surface area contributed by atoms with Gasteiger partial charge in [-0.1, -0.05) is 12.6 Å². The maximum Gasteiger partial charge on any atom is 0.303 e. The molecule has 0 amide bonds. The smallest absolute Gasteiger partial charge is 0.303 e. The standard InChI is InChI=1S/C40H48O14/c1-20(12-35-32(50-24(5)42)10-8-22(3)49-35)18-48-31-11-9-27(33-16-30(46)39-21(2)13-28(45)15-36(39)53-33)14-29(31)34-17-37(51-25(6)43)40(52-26(7)44)38(54-34)19-47-23(4)41/h9,11,13-15,22,32-35,37-38,40,45H,1,8,10,12,16-19H2,2-7H3/t22-,32?,33?,34?,35?,37?,38?,40?/m0/s1. The second kappa shape index (κ2) is 17.5. The van der Waals surface area contributed by atoms with Crippen LogP contribution in [0.15, 0.2) is 42.5 Å². The number of benzene rings is 2. The molecule has 54 heavy (non-hydrogen) atoms. The Morgan fingerprint density at radius 2 is 1.57 bits per heavy atom. The molecule has 3 aliphatic heterocycles. The molecule has 8 atom stereocenters. The van der Waals surface area contributed by atoms with Gasteiger partial charge in [0.05, 0.1) is 30.3 Å². The first-order chi connectivity index (χ1) is 25.6. The molecule has 14 nitrogen and oxygen atoms in total. The third-order valence-corrected chi connectivity index (χ3v) is 9.46. The largest absolute Gasteiger partial charge is 0.508 e. The highest BCUT2D eigenvalue weighted by Crippen LogP contribution is 2.43. The van der Waals surface area contributed by atoms with Gasteiger partial charge in [-0.2, -0.15) is 0 Å². The van der Waals surface area contributed by atoms with Gasteiger partial charge in [0.15, 0.2) is 11.9 Å². The summed E-state index contributed by atoms with van der Waals surface area (Å²) in [6.07, 6.45) is -3.77. The van der Waals surface area contributed by atoms with E-state index in [9.17, 15) is 29.1 Å². The molecule has 2 saturated heterocycles. The van der Waals surface area contributed by atoms with E-state index in [1.165, 1.54) is 39.8 Å². The molecule has 2 fully saturated rings. The first kappa shape index (κ1) is 40.2. The summed E-state index contributed by atoms with van der Waals surface area (Å²) in [6, 6.07) is 8.14. The SMILES string of the molecule is C=C(COc1ccc(C2CC(=O)c3c(C)cc(O)cc3O2)cc1C1CC(OC(C)=O)C(OC(C)=O)C(COC(C)=O)O1)CC1O[C@@H](C)CCC1OC(C)=O. The number of Topliss-reactive ketones (excluding diaryl/α,β-unsaturated/α-hetero) is 1. The molecule has 5 rings (SSSR count). The topological polar surface area (TPSA) is 179 Å². The number of carbonyl (C=O) groups is 5. The van der Waals surface area contributed by atoms with Crippen molar-refractivity contribution in [1.82, 2.24) is 0 Å². The molecule has 14 heteroatoms. The summed E-state index contributed by atoms with van der Waals surface area (Å²) in [6.45, 7) is 12.7. The Hall–Kier alpha value is -4.95. The molecule has 292 valence electrons. The first-order valence-corrected chi connectivity index (χ1v) is 18.0. The fourth-order valence-corrected chi connectivity index (χ4v) is 7.21. The summed E-state index contributed by atoms with van der Waals surface area (Å²) in [5, 5.41) is 10.2. The van der Waals surface area contributed by atoms with Gasteiger partial charge in [0.2, 0.25) is 0 Å². The number of fused-ring (bicyclic) bond motifs is 1. The highest BCUT2D eigenvalue weighted by Gasteiger charge is 2.45. The van der Waals surface area contributed by atoms with Crippen LogP contribution in [0.3, 0.4) is 0 Å². The van der Waals surface area contributed by atoms with Crippen molar-refractivity contribution in [3.05, 3.63) is 64.7 Å². The van der Waals surface area contributed by atoms with Crippen molar-refractivity contribution in [3.8, 4) is 17.2 Å². The lowest BCUT2D eigenvalue weighted by Gasteiger charge is -2.40. The van der Waals surface area contributed by atoms with E-state index in [1.54, 1.807) is 25.1 Å². The Labute approximate surface area is 314 Å². The highest BCUT2D eigenvalue weighted by molar-refractivity contribution is 6.01. The van der Waals surface area contributed by atoms with Gasteiger partial charge in [0.25, 0.3) is 0 Å². The van der Waals surface area contributed by atoms with Crippen LogP contribution in [0.1, 0.15) is 106 Å². The van der Waals surface area contributed by atoms with Gasteiger partial charge in [-0.3, -0.25) is 24.0 Å². The zero-order valence-corrected chi connectivity index (χ0v) is 31.4. The van der Waals surface area contributed by atoms with Gasteiger partial charge in [-0.05, 0) is 61.6 Å². The number of phenols is 1. The van der Waals surface area contributed by atoms with E-state index in [-0.39, 0.29) is 49.4 Å². The van der Waals surface area contributed by atoms with Crippen molar-refractivity contribution in [1.29, 1.82) is 0 Å². The van der Waals surface area contributed by atoms with Crippen LogP contribution < -0.4 is 9.47 Å². The molecule has 0 aromatic heterocycles. The fourth-order valence-electron chi connectivity index (χ4n) is 7.21. The van der Waals surface area contributed by atoms with Crippen LogP contribution in [0.2, 0.25) is 0 Å². The van der Waals surface area contributed by atoms with Gasteiger partial charge in [0.1, 0.15) is 54.9 Å². The number of esters is 4. The Bertz CT molecular complexity index is 1770. The lowest BCUT2D eigenvalue weighted by molar-refractivity contribution is -0.216. The summed E-state index contributed by atoms with van der Waals surface area (Å²) in [5.41, 5.74) is 2.75. The van der Waals surface area contributed by atoms with Crippen LogP contribution in [-0.4, -0.2) is 84.6 Å². The van der Waals surface area contributed by atoms with Gasteiger partial charge in [-0.15, -0.1) is 0 Å². The average molecular weight is 753 g/mol. The van der Waals surface area contributed by atoms with Crippen LogP contribution >= 0.6 is 0 Å². The molecule has 3 heterocycles. The predicted molar refractivity (Wildman–Crippen MR) is 190 cm³/mol. The van der Waals surface area contributed by atoms with Gasteiger partial charge in [0, 0.05) is 52.2 Å². The van der Waals surface area contributed by atoms with E-state index < -0.39 is 66.6 Å². The molecule has 0 saturated carbocycles. The number of aryl methyl sites for hydroxylation is 1. The number of hydrogen-bond donors (Lipinski definition) is 1. The fraction of sp³-hybridized carbons (Fsp3) is 0.525. The van der Waals surface area contributed by atoms with Crippen molar-refractivity contribution in [2.24, 2.45) is 0 Å². The predicted octanol–water partition coefficient (Wildman–Crippen LogP) is 5.49. The van der Waals surface area contributed by atoms with Crippen molar-refractivity contribution >= 4 is 29.7 Å². The third-order valence-electron chi connectivity index (χ3n) is 9.46. The lowest BCUT2D eigenvalue weighted by Crippen LogP contribution is -2.51. The molecular formula is C40H48O14. The van der Waals surface area contributed by atoms with Crippen LogP contribution in [-0.2, 0) is 47.6 Å². The first-order valence-electron chi connectivity index (χ1n) is 18.0. The second-order valence-electron chi connectivity index (χ2n) is 14.0. The summed E-state index contributed by atoms with van der Waals surface area (Å²) in [5.74, 6) is -1.82. The average Bonchev–Trinajstić information content (AvgIpc) is 3.07. The number of carbonyl (C=O) groups excluding carboxylic acids is 5. The maximum atomic E-state index is 13.3. The molecule has 2 aromatic rings. The van der Waals surface area contributed by atoms with E-state index in [1.807, 2.05) is 6.92 Å². The quantitative estimate of drug-likeness (QED) is 0.163.